The Hall–Kier alpha value is -1.31. The van der Waals surface area contributed by atoms with Gasteiger partial charge in [-0.25, -0.2) is 4.39 Å². The average molecular weight is 345 g/mol. The van der Waals surface area contributed by atoms with Gasteiger partial charge in [-0.1, -0.05) is 27.3 Å². The van der Waals surface area contributed by atoms with Crippen LogP contribution < -0.4 is 5.32 Å². The van der Waals surface area contributed by atoms with Crippen molar-refractivity contribution in [2.45, 2.75) is 13.1 Å². The van der Waals surface area contributed by atoms with Crippen LogP contribution in [0.4, 0.5) is 9.39 Å². The van der Waals surface area contributed by atoms with Crippen molar-refractivity contribution in [2.24, 2.45) is 0 Å². The van der Waals surface area contributed by atoms with Crippen molar-refractivity contribution in [3.8, 4) is 0 Å². The zero-order valence-corrected chi connectivity index (χ0v) is 12.1. The Kier molecular flexibility index (Phi) is 4.62. The van der Waals surface area contributed by atoms with E-state index in [1.807, 2.05) is 0 Å². The van der Waals surface area contributed by atoms with Gasteiger partial charge in [0.15, 0.2) is 0 Å². The molecule has 2 rings (SSSR count). The quantitative estimate of drug-likeness (QED) is 0.662. The minimum Gasteiger partial charge on any atom is -0.308 e. The predicted octanol–water partition coefficient (Wildman–Crippen LogP) is 3.85. The van der Waals surface area contributed by atoms with Gasteiger partial charge in [0.2, 0.25) is 0 Å². The molecule has 19 heavy (non-hydrogen) atoms. The summed E-state index contributed by atoms with van der Waals surface area (Å²) in [4.78, 5) is 11.0. The maximum absolute atomic E-state index is 13.1. The van der Waals surface area contributed by atoms with Crippen molar-refractivity contribution in [1.82, 2.24) is 5.32 Å². The largest absolute Gasteiger partial charge is 0.324 e. The third-order valence-electron chi connectivity index (χ3n) is 2.45. The van der Waals surface area contributed by atoms with Crippen molar-refractivity contribution < 1.29 is 9.31 Å². The molecule has 0 spiro atoms. The molecule has 0 radical (unpaired) electrons. The molecular weight excluding hydrogens is 335 g/mol. The lowest BCUT2D eigenvalue weighted by Gasteiger charge is -2.05. The number of benzene rings is 1. The first-order valence-corrected chi connectivity index (χ1v) is 7.05. The Morgan fingerprint density at radius 2 is 2.11 bits per heavy atom. The molecule has 1 aromatic heterocycles. The molecule has 0 saturated heterocycles. The minimum atomic E-state index is -0.405. The molecule has 7 heteroatoms. The van der Waals surface area contributed by atoms with Crippen LogP contribution in [0.25, 0.3) is 0 Å². The van der Waals surface area contributed by atoms with Gasteiger partial charge in [0.1, 0.15) is 5.82 Å². The summed E-state index contributed by atoms with van der Waals surface area (Å²) in [5.41, 5.74) is 0.811. The minimum absolute atomic E-state index is 0.128. The van der Waals surface area contributed by atoms with Gasteiger partial charge in [-0.15, -0.1) is 0 Å². The number of halogens is 2. The maximum Gasteiger partial charge on any atom is 0.324 e. The van der Waals surface area contributed by atoms with E-state index in [1.54, 1.807) is 12.1 Å². The van der Waals surface area contributed by atoms with E-state index in [9.17, 15) is 14.5 Å². The smallest absolute Gasteiger partial charge is 0.308 e. The van der Waals surface area contributed by atoms with Crippen LogP contribution in [-0.4, -0.2) is 4.92 Å². The molecule has 4 nitrogen and oxygen atoms in total. The SMILES string of the molecule is O=[N+]([O-])c1ccc(CNCc2cc(F)ccc2Br)s1. The molecule has 1 N–H and O–H groups in total. The number of nitrogens with zero attached hydrogens (tertiary/aromatic N) is 1. The molecule has 1 aromatic carbocycles. The summed E-state index contributed by atoms with van der Waals surface area (Å²) >= 11 is 4.48. The van der Waals surface area contributed by atoms with Crippen LogP contribution in [0.3, 0.4) is 0 Å². The van der Waals surface area contributed by atoms with E-state index in [0.717, 1.165) is 26.3 Å². The second kappa shape index (κ2) is 6.23. The molecule has 0 aliphatic heterocycles. The molecule has 0 saturated carbocycles. The number of nitrogens with one attached hydrogen (secondary N) is 1. The first kappa shape index (κ1) is 14.1. The average Bonchev–Trinajstić information content (AvgIpc) is 2.82. The molecule has 1 heterocycles. The molecule has 100 valence electrons. The zero-order chi connectivity index (χ0) is 13.8. The fourth-order valence-corrected chi connectivity index (χ4v) is 2.74. The highest BCUT2D eigenvalue weighted by atomic mass is 79.9. The molecule has 0 bridgehead atoms. The summed E-state index contributed by atoms with van der Waals surface area (Å²) in [7, 11) is 0. The molecule has 0 unspecified atom stereocenters. The standard InChI is InChI=1S/C12H10BrFN2O2S/c13-11-3-1-9(14)5-8(11)6-15-7-10-2-4-12(19-10)16(17)18/h1-5,15H,6-7H2. The first-order chi connectivity index (χ1) is 9.06. The van der Waals surface area contributed by atoms with Gasteiger partial charge in [0.05, 0.1) is 4.92 Å². The second-order valence-corrected chi connectivity index (χ2v) is 5.84. The lowest BCUT2D eigenvalue weighted by atomic mass is 10.2. The number of thiophene rings is 1. The Labute approximate surface area is 121 Å². The van der Waals surface area contributed by atoms with E-state index in [4.69, 9.17) is 0 Å². The summed E-state index contributed by atoms with van der Waals surface area (Å²) in [6, 6.07) is 7.70. The first-order valence-electron chi connectivity index (χ1n) is 5.44. The summed E-state index contributed by atoms with van der Waals surface area (Å²) in [5.74, 6) is -0.285. The fourth-order valence-electron chi connectivity index (χ4n) is 1.56. The molecular formula is C12H10BrFN2O2S. The van der Waals surface area contributed by atoms with Crippen LogP contribution in [0.2, 0.25) is 0 Å². The molecule has 0 aliphatic rings. The van der Waals surface area contributed by atoms with Gasteiger partial charge in [-0.2, -0.15) is 0 Å². The topological polar surface area (TPSA) is 55.2 Å². The van der Waals surface area contributed by atoms with Crippen LogP contribution in [0.15, 0.2) is 34.8 Å². The van der Waals surface area contributed by atoms with Gasteiger partial charge in [-0.3, -0.25) is 10.1 Å². The Balaban J connectivity index is 1.92. The van der Waals surface area contributed by atoms with Crippen molar-refractivity contribution >= 4 is 32.3 Å². The lowest BCUT2D eigenvalue weighted by molar-refractivity contribution is -0.380. The second-order valence-electron chi connectivity index (χ2n) is 3.84. The van der Waals surface area contributed by atoms with Gasteiger partial charge in [0, 0.05) is 28.5 Å². The Bertz CT molecular complexity index is 603. The monoisotopic (exact) mass is 344 g/mol. The van der Waals surface area contributed by atoms with Crippen molar-refractivity contribution in [1.29, 1.82) is 0 Å². The Morgan fingerprint density at radius 1 is 1.32 bits per heavy atom. The summed E-state index contributed by atoms with van der Waals surface area (Å²) < 4.78 is 13.9. The fraction of sp³-hybridized carbons (Fsp3) is 0.167. The Morgan fingerprint density at radius 3 is 2.79 bits per heavy atom. The van der Waals surface area contributed by atoms with Crippen molar-refractivity contribution in [3.63, 3.8) is 0 Å². The van der Waals surface area contributed by atoms with Gasteiger partial charge in [-0.05, 0) is 29.8 Å². The number of hydrogen-bond donors (Lipinski definition) is 1. The molecule has 0 fully saturated rings. The molecule has 2 aromatic rings. The summed E-state index contributed by atoms with van der Waals surface area (Å²) in [6.45, 7) is 1.01. The van der Waals surface area contributed by atoms with E-state index in [-0.39, 0.29) is 10.8 Å². The van der Waals surface area contributed by atoms with Gasteiger partial charge < -0.3 is 5.32 Å². The van der Waals surface area contributed by atoms with Crippen LogP contribution in [0.5, 0.6) is 0 Å². The van der Waals surface area contributed by atoms with Crippen LogP contribution >= 0.6 is 27.3 Å². The molecule has 0 atom stereocenters. The third kappa shape index (κ3) is 3.82. The van der Waals surface area contributed by atoms with E-state index in [2.05, 4.69) is 21.2 Å². The summed E-state index contributed by atoms with van der Waals surface area (Å²) in [6.07, 6.45) is 0. The summed E-state index contributed by atoms with van der Waals surface area (Å²) in [5, 5.41) is 13.8. The van der Waals surface area contributed by atoms with E-state index >= 15 is 0 Å². The van der Waals surface area contributed by atoms with Crippen LogP contribution in [-0.2, 0) is 13.1 Å². The normalized spacial score (nSPS) is 10.6. The highest BCUT2D eigenvalue weighted by Crippen LogP contribution is 2.24. The van der Waals surface area contributed by atoms with Crippen LogP contribution in [0.1, 0.15) is 10.4 Å². The van der Waals surface area contributed by atoms with E-state index in [1.165, 1.54) is 18.2 Å². The van der Waals surface area contributed by atoms with Crippen LogP contribution in [0, 0.1) is 15.9 Å². The highest BCUT2D eigenvalue weighted by molar-refractivity contribution is 9.10. The van der Waals surface area contributed by atoms with Crippen molar-refractivity contribution in [2.75, 3.05) is 0 Å². The lowest BCUT2D eigenvalue weighted by Crippen LogP contribution is -2.12. The maximum atomic E-state index is 13.1. The van der Waals surface area contributed by atoms with E-state index in [0.29, 0.717) is 13.1 Å². The highest BCUT2D eigenvalue weighted by Gasteiger charge is 2.09. The number of hydrogen-bond acceptors (Lipinski definition) is 4. The number of nitro groups is 1. The zero-order valence-electron chi connectivity index (χ0n) is 9.73. The van der Waals surface area contributed by atoms with E-state index < -0.39 is 4.92 Å². The molecule has 0 aliphatic carbocycles. The van der Waals surface area contributed by atoms with Crippen molar-refractivity contribution in [3.05, 3.63) is 61.2 Å². The van der Waals surface area contributed by atoms with Gasteiger partial charge >= 0.3 is 5.00 Å². The predicted molar refractivity (Wildman–Crippen MR) is 75.6 cm³/mol. The third-order valence-corrected chi connectivity index (χ3v) is 4.26. The molecule has 0 amide bonds. The van der Waals surface area contributed by atoms with Gasteiger partial charge in [0.25, 0.3) is 0 Å². The number of rotatable bonds is 5.